The SMILES string of the molecule is Cn1cccc1-c1ccccn1. The topological polar surface area (TPSA) is 17.8 Å². The number of pyridine rings is 1. The van der Waals surface area contributed by atoms with Gasteiger partial charge in [-0.25, -0.2) is 0 Å². The summed E-state index contributed by atoms with van der Waals surface area (Å²) in [5, 5.41) is 0. The number of rotatable bonds is 1. The second kappa shape index (κ2) is 2.81. The van der Waals surface area contributed by atoms with Crippen LogP contribution in [0.3, 0.4) is 0 Å². The van der Waals surface area contributed by atoms with Crippen molar-refractivity contribution < 1.29 is 0 Å². The molecule has 0 unspecified atom stereocenters. The van der Waals surface area contributed by atoms with Crippen LogP contribution < -0.4 is 0 Å². The minimum Gasteiger partial charge on any atom is -0.349 e. The molecule has 0 N–H and O–H groups in total. The first-order valence-corrected chi connectivity index (χ1v) is 3.90. The fourth-order valence-corrected chi connectivity index (χ4v) is 1.24. The largest absolute Gasteiger partial charge is 0.349 e. The van der Waals surface area contributed by atoms with E-state index in [-0.39, 0.29) is 0 Å². The Morgan fingerprint density at radius 3 is 2.67 bits per heavy atom. The third kappa shape index (κ3) is 1.11. The van der Waals surface area contributed by atoms with Gasteiger partial charge in [0.2, 0.25) is 0 Å². The molecule has 0 spiro atoms. The van der Waals surface area contributed by atoms with Crippen molar-refractivity contribution in [2.75, 3.05) is 0 Å². The van der Waals surface area contributed by atoms with Gasteiger partial charge < -0.3 is 4.57 Å². The van der Waals surface area contributed by atoms with Crippen molar-refractivity contribution in [1.29, 1.82) is 0 Å². The van der Waals surface area contributed by atoms with E-state index in [0.717, 1.165) is 11.4 Å². The molecule has 0 fully saturated rings. The summed E-state index contributed by atoms with van der Waals surface area (Å²) in [4.78, 5) is 4.26. The molecule has 0 saturated carbocycles. The second-order valence-corrected chi connectivity index (χ2v) is 2.72. The molecular formula is C10H10N2. The Hall–Kier alpha value is -1.57. The van der Waals surface area contributed by atoms with E-state index >= 15 is 0 Å². The molecule has 2 heteroatoms. The zero-order valence-corrected chi connectivity index (χ0v) is 6.94. The van der Waals surface area contributed by atoms with Crippen LogP contribution >= 0.6 is 0 Å². The van der Waals surface area contributed by atoms with Crippen LogP contribution in [0, 0.1) is 0 Å². The molecule has 2 heterocycles. The van der Waals surface area contributed by atoms with Crippen LogP contribution in [0.2, 0.25) is 0 Å². The van der Waals surface area contributed by atoms with Crippen molar-refractivity contribution in [3.8, 4) is 11.4 Å². The van der Waals surface area contributed by atoms with Gasteiger partial charge in [0.15, 0.2) is 0 Å². The quantitative estimate of drug-likeness (QED) is 0.621. The van der Waals surface area contributed by atoms with Gasteiger partial charge in [-0.2, -0.15) is 0 Å². The molecule has 12 heavy (non-hydrogen) atoms. The van der Waals surface area contributed by atoms with Gasteiger partial charge in [0, 0.05) is 19.4 Å². The summed E-state index contributed by atoms with van der Waals surface area (Å²) in [6.45, 7) is 0. The summed E-state index contributed by atoms with van der Waals surface area (Å²) in [5.74, 6) is 0. The van der Waals surface area contributed by atoms with E-state index in [1.807, 2.05) is 43.7 Å². The maximum Gasteiger partial charge on any atom is 0.0866 e. The monoisotopic (exact) mass is 158 g/mol. The maximum absolute atomic E-state index is 4.26. The Morgan fingerprint density at radius 2 is 2.08 bits per heavy atom. The van der Waals surface area contributed by atoms with Gasteiger partial charge in [-0.15, -0.1) is 0 Å². The molecule has 60 valence electrons. The van der Waals surface area contributed by atoms with E-state index < -0.39 is 0 Å². The maximum atomic E-state index is 4.26. The number of nitrogens with zero attached hydrogens (tertiary/aromatic N) is 2. The number of hydrogen-bond donors (Lipinski definition) is 0. The summed E-state index contributed by atoms with van der Waals surface area (Å²) in [5.41, 5.74) is 2.17. The Morgan fingerprint density at radius 1 is 1.17 bits per heavy atom. The Balaban J connectivity index is 2.51. The van der Waals surface area contributed by atoms with Crippen molar-refractivity contribution >= 4 is 0 Å². The third-order valence-corrected chi connectivity index (χ3v) is 1.87. The van der Waals surface area contributed by atoms with E-state index in [1.54, 1.807) is 0 Å². The van der Waals surface area contributed by atoms with Crippen molar-refractivity contribution in [3.63, 3.8) is 0 Å². The highest BCUT2D eigenvalue weighted by Crippen LogP contribution is 2.14. The lowest BCUT2D eigenvalue weighted by Gasteiger charge is -2.00. The van der Waals surface area contributed by atoms with Crippen molar-refractivity contribution in [1.82, 2.24) is 9.55 Å². The Labute approximate surface area is 71.5 Å². The molecular weight excluding hydrogens is 148 g/mol. The lowest BCUT2D eigenvalue weighted by molar-refractivity contribution is 0.931. The highest BCUT2D eigenvalue weighted by Gasteiger charge is 1.99. The average Bonchev–Trinajstić information content (AvgIpc) is 2.53. The van der Waals surface area contributed by atoms with E-state index in [0.29, 0.717) is 0 Å². The number of aromatic nitrogens is 2. The van der Waals surface area contributed by atoms with Gasteiger partial charge in [-0.05, 0) is 24.3 Å². The average molecular weight is 158 g/mol. The molecule has 0 aliphatic heterocycles. The molecule has 0 saturated heterocycles. The normalized spacial score (nSPS) is 10.1. The predicted molar refractivity (Wildman–Crippen MR) is 48.6 cm³/mol. The molecule has 0 radical (unpaired) electrons. The van der Waals surface area contributed by atoms with Crippen LogP contribution in [0.15, 0.2) is 42.7 Å². The van der Waals surface area contributed by atoms with Gasteiger partial charge in [0.05, 0.1) is 11.4 Å². The molecule has 0 aromatic carbocycles. The lowest BCUT2D eigenvalue weighted by Crippen LogP contribution is -1.90. The van der Waals surface area contributed by atoms with Gasteiger partial charge >= 0.3 is 0 Å². The lowest BCUT2D eigenvalue weighted by atomic mass is 10.3. The molecule has 2 nitrogen and oxygen atoms in total. The van der Waals surface area contributed by atoms with Crippen molar-refractivity contribution in [2.24, 2.45) is 7.05 Å². The van der Waals surface area contributed by atoms with Crippen LogP contribution in [0.5, 0.6) is 0 Å². The zero-order valence-electron chi connectivity index (χ0n) is 6.94. The third-order valence-electron chi connectivity index (χ3n) is 1.87. The van der Waals surface area contributed by atoms with Crippen molar-refractivity contribution in [2.45, 2.75) is 0 Å². The first-order valence-electron chi connectivity index (χ1n) is 3.90. The molecule has 0 atom stereocenters. The molecule has 2 aromatic rings. The van der Waals surface area contributed by atoms with Gasteiger partial charge in [-0.1, -0.05) is 6.07 Å². The first-order chi connectivity index (χ1) is 5.88. The first kappa shape index (κ1) is 7.10. The smallest absolute Gasteiger partial charge is 0.0866 e. The molecule has 0 amide bonds. The number of aryl methyl sites for hydroxylation is 1. The summed E-state index contributed by atoms with van der Waals surface area (Å²) in [6.07, 6.45) is 3.83. The van der Waals surface area contributed by atoms with Crippen LogP contribution in [0.25, 0.3) is 11.4 Å². The molecule has 2 aromatic heterocycles. The van der Waals surface area contributed by atoms with Gasteiger partial charge in [0.1, 0.15) is 0 Å². The fraction of sp³-hybridized carbons (Fsp3) is 0.100. The van der Waals surface area contributed by atoms with Gasteiger partial charge in [0.25, 0.3) is 0 Å². The van der Waals surface area contributed by atoms with E-state index in [1.165, 1.54) is 0 Å². The molecule has 2 rings (SSSR count). The van der Waals surface area contributed by atoms with Crippen LogP contribution in [-0.4, -0.2) is 9.55 Å². The standard InChI is InChI=1S/C10H10N2/c1-12-8-4-6-10(12)9-5-2-3-7-11-9/h2-8H,1H3. The van der Waals surface area contributed by atoms with E-state index in [4.69, 9.17) is 0 Å². The summed E-state index contributed by atoms with van der Waals surface area (Å²) < 4.78 is 2.06. The van der Waals surface area contributed by atoms with Crippen LogP contribution in [-0.2, 0) is 7.05 Å². The minimum absolute atomic E-state index is 1.02. The zero-order chi connectivity index (χ0) is 8.39. The predicted octanol–water partition coefficient (Wildman–Crippen LogP) is 2.09. The fourth-order valence-electron chi connectivity index (χ4n) is 1.24. The Bertz CT molecular complexity index is 362. The van der Waals surface area contributed by atoms with Crippen molar-refractivity contribution in [3.05, 3.63) is 42.7 Å². The Kier molecular flexibility index (Phi) is 1.67. The van der Waals surface area contributed by atoms with E-state index in [9.17, 15) is 0 Å². The van der Waals surface area contributed by atoms with Crippen LogP contribution in [0.1, 0.15) is 0 Å². The molecule has 0 aliphatic rings. The highest BCUT2D eigenvalue weighted by molar-refractivity contribution is 5.54. The van der Waals surface area contributed by atoms with Crippen LogP contribution in [0.4, 0.5) is 0 Å². The molecule has 0 bridgehead atoms. The second-order valence-electron chi connectivity index (χ2n) is 2.72. The molecule has 0 aliphatic carbocycles. The summed E-state index contributed by atoms with van der Waals surface area (Å²) in [6, 6.07) is 10.0. The van der Waals surface area contributed by atoms with Gasteiger partial charge in [-0.3, -0.25) is 4.98 Å². The summed E-state index contributed by atoms with van der Waals surface area (Å²) >= 11 is 0. The number of hydrogen-bond acceptors (Lipinski definition) is 1. The minimum atomic E-state index is 1.02. The highest BCUT2D eigenvalue weighted by atomic mass is 14.9. The van der Waals surface area contributed by atoms with E-state index in [2.05, 4.69) is 15.6 Å². The summed E-state index contributed by atoms with van der Waals surface area (Å²) in [7, 11) is 2.02.